The van der Waals surface area contributed by atoms with E-state index in [1.54, 1.807) is 0 Å². The van der Waals surface area contributed by atoms with Crippen molar-refractivity contribution in [1.82, 2.24) is 0 Å². The summed E-state index contributed by atoms with van der Waals surface area (Å²) in [5.41, 5.74) is 11.4. The Balaban J connectivity index is 2.23. The Morgan fingerprint density at radius 1 is 0.710 bits per heavy atom. The molecule has 0 spiro atoms. The number of aryl methyl sites for hydroxylation is 6. The Kier molecular flexibility index (Phi) is 6.87. The topological polar surface area (TPSA) is 12.4 Å². The smallest absolute Gasteiger partial charge is 0.0692 e. The Labute approximate surface area is 190 Å². The minimum Gasteiger partial charge on any atom is -0.251 e. The molecule has 3 rings (SSSR count). The summed E-state index contributed by atoms with van der Waals surface area (Å²) in [6.45, 7) is 20.4. The molecule has 0 amide bonds. The normalized spacial score (nSPS) is 13.4. The van der Waals surface area contributed by atoms with Crippen LogP contribution in [0.4, 0.5) is 5.69 Å². The summed E-state index contributed by atoms with van der Waals surface area (Å²) in [6.07, 6.45) is 0. The molecule has 0 fully saturated rings. The number of hydrogen-bond acceptors (Lipinski definition) is 1. The molecule has 0 bridgehead atoms. The van der Waals surface area contributed by atoms with Gasteiger partial charge in [-0.25, -0.2) is 0 Å². The monoisotopic (exact) mass is 429 g/mol. The maximum absolute atomic E-state index is 5.40. The van der Waals surface area contributed by atoms with Gasteiger partial charge in [0.05, 0.1) is 11.4 Å². The van der Waals surface area contributed by atoms with Gasteiger partial charge in [0.25, 0.3) is 0 Å². The van der Waals surface area contributed by atoms with Gasteiger partial charge in [0, 0.05) is 5.16 Å². The van der Waals surface area contributed by atoms with Gasteiger partial charge in [0.2, 0.25) is 0 Å². The number of nitrogens with zero attached hydrogens (tertiary/aromatic N) is 1. The Bertz CT molecular complexity index is 1080. The molecule has 0 aliphatic rings. The maximum atomic E-state index is 5.40. The summed E-state index contributed by atoms with van der Waals surface area (Å²) < 4.78 is 0. The van der Waals surface area contributed by atoms with Gasteiger partial charge in [-0.2, -0.15) is 0 Å². The van der Waals surface area contributed by atoms with Crippen molar-refractivity contribution in [3.05, 3.63) is 93.5 Å². The molecule has 3 aromatic carbocycles. The number of benzene rings is 3. The highest BCUT2D eigenvalue weighted by atomic mass is 31.1. The third kappa shape index (κ3) is 4.83. The van der Waals surface area contributed by atoms with E-state index in [4.69, 9.17) is 4.99 Å². The van der Waals surface area contributed by atoms with Crippen LogP contribution >= 0.6 is 7.92 Å². The molecule has 2 heteroatoms. The largest absolute Gasteiger partial charge is 0.251 e. The molecule has 1 nitrogen and oxygen atoms in total. The number of hydrogen-bond donors (Lipinski definition) is 0. The second-order valence-corrected chi connectivity index (χ2v) is 12.1. The Morgan fingerprint density at radius 2 is 1.16 bits per heavy atom. The van der Waals surface area contributed by atoms with Gasteiger partial charge in [-0.15, -0.1) is 0 Å². The quantitative estimate of drug-likeness (QED) is 0.289. The molecule has 0 saturated heterocycles. The molecule has 1 atom stereocenters. The van der Waals surface area contributed by atoms with Crippen molar-refractivity contribution in [3.8, 4) is 0 Å². The van der Waals surface area contributed by atoms with Crippen LogP contribution in [0.25, 0.3) is 0 Å². The molecule has 31 heavy (non-hydrogen) atoms. The van der Waals surface area contributed by atoms with Crippen molar-refractivity contribution in [3.63, 3.8) is 0 Å². The van der Waals surface area contributed by atoms with Gasteiger partial charge in [0.1, 0.15) is 0 Å². The van der Waals surface area contributed by atoms with E-state index in [9.17, 15) is 0 Å². The van der Waals surface area contributed by atoms with Crippen LogP contribution in [0, 0.1) is 41.5 Å². The van der Waals surface area contributed by atoms with E-state index in [2.05, 4.69) is 117 Å². The van der Waals surface area contributed by atoms with E-state index >= 15 is 0 Å². The lowest BCUT2D eigenvalue weighted by Gasteiger charge is -2.36. The van der Waals surface area contributed by atoms with Crippen LogP contribution in [0.5, 0.6) is 0 Å². The van der Waals surface area contributed by atoms with Crippen LogP contribution in [0.1, 0.15) is 52.8 Å². The van der Waals surface area contributed by atoms with E-state index in [1.165, 1.54) is 50.0 Å². The highest BCUT2D eigenvalue weighted by Gasteiger charge is 2.35. The lowest BCUT2D eigenvalue weighted by molar-refractivity contribution is 0.934. The second-order valence-electron chi connectivity index (χ2n) is 9.44. The molecule has 0 saturated carbocycles. The van der Waals surface area contributed by atoms with Crippen molar-refractivity contribution in [2.24, 2.45) is 4.99 Å². The Morgan fingerprint density at radius 3 is 1.65 bits per heavy atom. The van der Waals surface area contributed by atoms with E-state index in [0.717, 1.165) is 5.69 Å². The minimum atomic E-state index is -0.488. The van der Waals surface area contributed by atoms with Crippen molar-refractivity contribution in [1.29, 1.82) is 0 Å². The first-order valence-electron chi connectivity index (χ1n) is 11.1. The fourth-order valence-corrected chi connectivity index (χ4v) is 6.99. The molecule has 0 aliphatic heterocycles. The van der Waals surface area contributed by atoms with Crippen molar-refractivity contribution in [2.45, 2.75) is 60.5 Å². The Hall–Kier alpha value is -2.24. The fraction of sp³-hybridized carbons (Fsp3) is 0.345. The third-order valence-corrected chi connectivity index (χ3v) is 9.56. The molecule has 3 aromatic rings. The zero-order valence-electron chi connectivity index (χ0n) is 20.6. The zero-order chi connectivity index (χ0) is 22.9. The predicted octanol–water partition coefficient (Wildman–Crippen LogP) is 7.87. The first kappa shape index (κ1) is 23.4. The van der Waals surface area contributed by atoms with Gasteiger partial charge in [-0.3, -0.25) is 4.99 Å². The number of rotatable bonds is 5. The van der Waals surface area contributed by atoms with Gasteiger partial charge >= 0.3 is 0 Å². The van der Waals surface area contributed by atoms with Crippen LogP contribution in [0.2, 0.25) is 0 Å². The van der Waals surface area contributed by atoms with Gasteiger partial charge in [0.15, 0.2) is 0 Å². The van der Waals surface area contributed by atoms with Gasteiger partial charge < -0.3 is 0 Å². The highest BCUT2D eigenvalue weighted by Crippen LogP contribution is 2.49. The fourth-order valence-electron chi connectivity index (χ4n) is 4.75. The van der Waals surface area contributed by atoms with E-state index in [0.29, 0.717) is 0 Å². The summed E-state index contributed by atoms with van der Waals surface area (Å²) in [5.74, 6) is 0. The average molecular weight is 430 g/mol. The molecule has 162 valence electrons. The van der Waals surface area contributed by atoms with Crippen LogP contribution in [-0.2, 0) is 0 Å². The van der Waals surface area contributed by atoms with E-state index in [1.807, 2.05) is 0 Å². The maximum Gasteiger partial charge on any atom is 0.0692 e. The first-order valence-corrected chi connectivity index (χ1v) is 12.9. The van der Waals surface area contributed by atoms with Crippen LogP contribution in [0.3, 0.4) is 0 Å². The molecular weight excluding hydrogens is 393 g/mol. The summed E-state index contributed by atoms with van der Waals surface area (Å²) in [5, 5.41) is 1.41. The van der Waals surface area contributed by atoms with Crippen molar-refractivity contribution >= 4 is 24.6 Å². The molecular formula is C29H36NP. The van der Waals surface area contributed by atoms with Gasteiger partial charge in [-0.05, 0) is 95.2 Å². The molecule has 0 N–H and O–H groups in total. The molecule has 0 heterocycles. The number of aliphatic imine (C=N–C) groups is 1. The van der Waals surface area contributed by atoms with Crippen LogP contribution in [-0.4, -0.2) is 17.5 Å². The summed E-state index contributed by atoms with van der Waals surface area (Å²) in [4.78, 5) is 5.40. The predicted molar refractivity (Wildman–Crippen MR) is 141 cm³/mol. The standard InChI is InChI=1S/C29H36NP/c1-19-15-21(3)26(22(4)16-19)30-28(25-13-11-10-12-14-25)29(7,8)31(9)27-23(5)17-20(2)18-24(27)6/h10-18H,1-9H3. The summed E-state index contributed by atoms with van der Waals surface area (Å²) in [6, 6.07) is 19.9. The van der Waals surface area contributed by atoms with Crippen LogP contribution < -0.4 is 5.30 Å². The third-order valence-electron chi connectivity index (χ3n) is 6.30. The summed E-state index contributed by atoms with van der Waals surface area (Å²) >= 11 is 0. The minimum absolute atomic E-state index is 0.0920. The average Bonchev–Trinajstić information content (AvgIpc) is 2.67. The molecule has 0 aliphatic carbocycles. The molecule has 0 aromatic heterocycles. The van der Waals surface area contributed by atoms with E-state index in [-0.39, 0.29) is 5.16 Å². The SMILES string of the molecule is Cc1cc(C)c(N=C(c2ccccc2)C(C)(C)P(C)c2c(C)cc(C)cc2C)c(C)c1. The molecule has 1 unspecified atom stereocenters. The lowest BCUT2D eigenvalue weighted by atomic mass is 9.97. The molecule has 0 radical (unpaired) electrons. The van der Waals surface area contributed by atoms with Crippen LogP contribution in [0.15, 0.2) is 59.6 Å². The van der Waals surface area contributed by atoms with E-state index < -0.39 is 7.92 Å². The highest BCUT2D eigenvalue weighted by molar-refractivity contribution is 7.67. The summed E-state index contributed by atoms with van der Waals surface area (Å²) in [7, 11) is -0.488. The van der Waals surface area contributed by atoms with Crippen molar-refractivity contribution in [2.75, 3.05) is 6.66 Å². The first-order chi connectivity index (χ1) is 14.5. The van der Waals surface area contributed by atoms with Gasteiger partial charge in [-0.1, -0.05) is 73.6 Å². The lowest BCUT2D eigenvalue weighted by Crippen LogP contribution is -2.35. The van der Waals surface area contributed by atoms with Crippen molar-refractivity contribution < 1.29 is 0 Å². The second kappa shape index (κ2) is 9.09. The zero-order valence-corrected chi connectivity index (χ0v) is 21.5.